The molecule has 0 aromatic heterocycles. The van der Waals surface area contributed by atoms with Crippen LogP contribution in [-0.2, 0) is 0 Å². The van der Waals surface area contributed by atoms with Gasteiger partial charge < -0.3 is 10.4 Å². The lowest BCUT2D eigenvalue weighted by Crippen LogP contribution is -2.78. The first-order valence-corrected chi connectivity index (χ1v) is 4.18. The van der Waals surface area contributed by atoms with Gasteiger partial charge in [-0.05, 0) is 26.2 Å². The smallest absolute Gasteiger partial charge is 0.405 e. The normalized spacial score (nSPS) is 41.8. The monoisotopic (exact) mass is 191 g/mol. The number of amides is 1. The average Bonchev–Trinajstić information content (AvgIpc) is 1.70. The molecule has 0 aromatic rings. The van der Waals surface area contributed by atoms with Crippen LogP contribution in [0.15, 0.2) is 0 Å². The summed E-state index contributed by atoms with van der Waals surface area (Å²) in [4.78, 5) is 10.3. The van der Waals surface area contributed by atoms with Crippen LogP contribution >= 0.6 is 0 Å². The Morgan fingerprint density at radius 2 is 1.92 bits per heavy atom. The summed E-state index contributed by atoms with van der Waals surface area (Å²) >= 11 is 0. The zero-order valence-electron chi connectivity index (χ0n) is 7.23. The molecule has 1 amide bonds. The van der Waals surface area contributed by atoms with E-state index in [0.717, 1.165) is 6.92 Å². The average molecular weight is 191 g/mol. The Kier molecular flexibility index (Phi) is 1.32. The zero-order chi connectivity index (χ0) is 9.91. The summed E-state index contributed by atoms with van der Waals surface area (Å²) in [6.45, 7) is 0.914. The molecule has 0 radical (unpaired) electrons. The standard InChI is InChI=1S/C8H11F2NO2/c1-6(9,10)7-2-8(3-7,4-7)11-5(12)13/h11H,2-4H2,1H3,(H,12,13). The van der Waals surface area contributed by atoms with E-state index in [4.69, 9.17) is 5.11 Å². The minimum Gasteiger partial charge on any atom is -0.465 e. The van der Waals surface area contributed by atoms with Gasteiger partial charge >= 0.3 is 6.09 Å². The van der Waals surface area contributed by atoms with Gasteiger partial charge in [-0.1, -0.05) is 0 Å². The van der Waals surface area contributed by atoms with E-state index in [-0.39, 0.29) is 19.3 Å². The molecule has 2 bridgehead atoms. The van der Waals surface area contributed by atoms with E-state index in [1.807, 2.05) is 0 Å². The molecule has 2 N–H and O–H groups in total. The maximum atomic E-state index is 12.9. The third kappa shape index (κ3) is 0.957. The molecule has 3 nitrogen and oxygen atoms in total. The number of carbonyl (C=O) groups is 1. The van der Waals surface area contributed by atoms with Gasteiger partial charge in [0.05, 0.1) is 0 Å². The lowest BCUT2D eigenvalue weighted by Gasteiger charge is -2.71. The molecular formula is C8H11F2NO2. The van der Waals surface area contributed by atoms with Crippen molar-refractivity contribution in [2.75, 3.05) is 0 Å². The van der Waals surface area contributed by atoms with E-state index in [1.54, 1.807) is 0 Å². The molecule has 3 aliphatic carbocycles. The highest BCUT2D eigenvalue weighted by Crippen LogP contribution is 2.72. The van der Waals surface area contributed by atoms with Gasteiger partial charge in [-0.15, -0.1) is 0 Å². The van der Waals surface area contributed by atoms with Crippen LogP contribution in [0, 0.1) is 5.41 Å². The molecule has 0 atom stereocenters. The van der Waals surface area contributed by atoms with Crippen molar-refractivity contribution < 1.29 is 18.7 Å². The number of hydrogen-bond acceptors (Lipinski definition) is 1. The number of alkyl halides is 2. The van der Waals surface area contributed by atoms with Gasteiger partial charge in [-0.25, -0.2) is 13.6 Å². The predicted octanol–water partition coefficient (Wildman–Crippen LogP) is 1.83. The fourth-order valence-corrected chi connectivity index (χ4v) is 2.61. The lowest BCUT2D eigenvalue weighted by atomic mass is 9.37. The summed E-state index contributed by atoms with van der Waals surface area (Å²) in [5.74, 6) is -2.67. The highest BCUT2D eigenvalue weighted by molar-refractivity contribution is 5.67. The van der Waals surface area contributed by atoms with Gasteiger partial charge in [0.2, 0.25) is 0 Å². The maximum Gasteiger partial charge on any atom is 0.405 e. The highest BCUT2D eigenvalue weighted by Gasteiger charge is 2.76. The van der Waals surface area contributed by atoms with E-state index in [2.05, 4.69) is 5.32 Å². The Hall–Kier alpha value is -0.870. The van der Waals surface area contributed by atoms with Crippen LogP contribution in [0.2, 0.25) is 0 Å². The van der Waals surface area contributed by atoms with Crippen LogP contribution in [0.5, 0.6) is 0 Å². The topological polar surface area (TPSA) is 49.3 Å². The molecule has 0 aromatic carbocycles. The van der Waals surface area contributed by atoms with E-state index >= 15 is 0 Å². The van der Waals surface area contributed by atoms with Crippen molar-refractivity contribution >= 4 is 6.09 Å². The molecule has 13 heavy (non-hydrogen) atoms. The molecular weight excluding hydrogens is 180 g/mol. The summed E-state index contributed by atoms with van der Waals surface area (Å²) in [7, 11) is 0. The molecule has 74 valence electrons. The number of nitrogens with one attached hydrogen (secondary N) is 1. The van der Waals surface area contributed by atoms with Crippen LogP contribution in [-0.4, -0.2) is 22.7 Å². The van der Waals surface area contributed by atoms with E-state index in [9.17, 15) is 13.6 Å². The second kappa shape index (κ2) is 1.96. The second-order valence-corrected chi connectivity index (χ2v) is 4.41. The first kappa shape index (κ1) is 8.72. The largest absolute Gasteiger partial charge is 0.465 e. The van der Waals surface area contributed by atoms with Gasteiger partial charge in [0.15, 0.2) is 0 Å². The van der Waals surface area contributed by atoms with Crippen LogP contribution in [0.3, 0.4) is 0 Å². The van der Waals surface area contributed by atoms with Crippen molar-refractivity contribution in [1.82, 2.24) is 5.32 Å². The van der Waals surface area contributed by atoms with Gasteiger partial charge in [0.25, 0.3) is 5.92 Å². The molecule has 0 unspecified atom stereocenters. The molecule has 0 aliphatic heterocycles. The highest BCUT2D eigenvalue weighted by atomic mass is 19.3. The summed E-state index contributed by atoms with van der Waals surface area (Å²) in [6, 6.07) is 0. The fourth-order valence-electron chi connectivity index (χ4n) is 2.61. The minimum absolute atomic E-state index is 0.288. The molecule has 3 fully saturated rings. The number of rotatable bonds is 2. The van der Waals surface area contributed by atoms with Gasteiger partial charge in [-0.3, -0.25) is 0 Å². The molecule has 5 heteroatoms. The minimum atomic E-state index is -2.67. The van der Waals surface area contributed by atoms with Gasteiger partial charge in [0.1, 0.15) is 0 Å². The molecule has 0 spiro atoms. The molecule has 3 rings (SSSR count). The van der Waals surface area contributed by atoms with Crippen molar-refractivity contribution in [3.05, 3.63) is 0 Å². The Morgan fingerprint density at radius 3 is 2.23 bits per heavy atom. The quantitative estimate of drug-likeness (QED) is 0.699. The maximum absolute atomic E-state index is 12.9. The van der Waals surface area contributed by atoms with Crippen molar-refractivity contribution in [2.24, 2.45) is 5.41 Å². The molecule has 3 aliphatic rings. The third-order valence-corrected chi connectivity index (χ3v) is 3.33. The first-order valence-electron chi connectivity index (χ1n) is 4.18. The van der Waals surface area contributed by atoms with Crippen LogP contribution < -0.4 is 5.32 Å². The van der Waals surface area contributed by atoms with E-state index in [1.165, 1.54) is 0 Å². The Balaban J connectivity index is 1.97. The molecule has 0 saturated heterocycles. The SMILES string of the molecule is CC(F)(F)C12CC(NC(=O)O)(C1)C2. The van der Waals surface area contributed by atoms with Crippen molar-refractivity contribution in [1.29, 1.82) is 0 Å². The van der Waals surface area contributed by atoms with Crippen LogP contribution in [0.1, 0.15) is 26.2 Å². The van der Waals surface area contributed by atoms with Crippen molar-refractivity contribution in [3.63, 3.8) is 0 Å². The molecule has 3 saturated carbocycles. The summed E-state index contributed by atoms with van der Waals surface area (Å²) in [6.07, 6.45) is -0.255. The van der Waals surface area contributed by atoms with Gasteiger partial charge in [-0.2, -0.15) is 0 Å². The number of hydrogen-bond donors (Lipinski definition) is 2. The second-order valence-electron chi connectivity index (χ2n) is 4.41. The zero-order valence-corrected chi connectivity index (χ0v) is 7.23. The van der Waals surface area contributed by atoms with Crippen molar-refractivity contribution in [2.45, 2.75) is 37.6 Å². The Bertz CT molecular complexity index is 252. The Morgan fingerprint density at radius 1 is 1.46 bits per heavy atom. The van der Waals surface area contributed by atoms with Crippen molar-refractivity contribution in [3.8, 4) is 0 Å². The summed E-state index contributed by atoms with van der Waals surface area (Å²) in [5, 5.41) is 10.7. The van der Waals surface area contributed by atoms with Gasteiger partial charge in [0, 0.05) is 11.0 Å². The number of halogens is 2. The summed E-state index contributed by atoms with van der Waals surface area (Å²) < 4.78 is 25.8. The summed E-state index contributed by atoms with van der Waals surface area (Å²) in [5.41, 5.74) is -1.43. The Labute approximate surface area is 74.1 Å². The lowest BCUT2D eigenvalue weighted by molar-refractivity contribution is -0.274. The number of carboxylic acid groups (broad SMARTS) is 1. The molecule has 0 heterocycles. The van der Waals surface area contributed by atoms with Crippen LogP contribution in [0.25, 0.3) is 0 Å². The van der Waals surface area contributed by atoms with E-state index in [0.29, 0.717) is 0 Å². The first-order chi connectivity index (χ1) is 5.79. The fraction of sp³-hybridized carbons (Fsp3) is 0.875. The third-order valence-electron chi connectivity index (χ3n) is 3.33. The predicted molar refractivity (Wildman–Crippen MR) is 40.8 cm³/mol. The van der Waals surface area contributed by atoms with Crippen LogP contribution in [0.4, 0.5) is 13.6 Å². The van der Waals surface area contributed by atoms with E-state index < -0.39 is 23.0 Å².